The van der Waals surface area contributed by atoms with Crippen LogP contribution in [0.1, 0.15) is 28.9 Å². The molecule has 2 heterocycles. The van der Waals surface area contributed by atoms with Crippen LogP contribution in [0.2, 0.25) is 0 Å². The molecule has 1 aliphatic rings. The van der Waals surface area contributed by atoms with E-state index in [1.807, 2.05) is 53.1 Å². The molecule has 11 heteroatoms. The Kier molecular flexibility index (Phi) is 9.21. The highest BCUT2D eigenvalue weighted by atomic mass is 32.2. The highest BCUT2D eigenvalue weighted by Gasteiger charge is 2.27. The number of sulfonamides is 1. The molecule has 0 aliphatic carbocycles. The Balaban J connectivity index is 1.36. The van der Waals surface area contributed by atoms with Crippen LogP contribution in [-0.4, -0.2) is 62.3 Å². The van der Waals surface area contributed by atoms with Gasteiger partial charge in [0.25, 0.3) is 5.91 Å². The molecule has 4 N–H and O–H groups in total. The lowest BCUT2D eigenvalue weighted by Crippen LogP contribution is -2.48. The van der Waals surface area contributed by atoms with Crippen LogP contribution in [0.5, 0.6) is 5.75 Å². The zero-order valence-corrected chi connectivity index (χ0v) is 23.8. The van der Waals surface area contributed by atoms with E-state index < -0.39 is 34.5 Å². The average molecular weight is 591 g/mol. The number of hydrogen-bond acceptors (Lipinski definition) is 6. The maximum atomic E-state index is 13.5. The third kappa shape index (κ3) is 7.17. The van der Waals surface area contributed by atoms with Crippen LogP contribution in [0.25, 0.3) is 10.9 Å². The van der Waals surface area contributed by atoms with Gasteiger partial charge in [-0.05, 0) is 73.8 Å². The number of aliphatic carboxylic acids is 1. The van der Waals surface area contributed by atoms with E-state index in [4.69, 9.17) is 4.74 Å². The molecule has 0 bridgehead atoms. The first kappa shape index (κ1) is 29.3. The highest BCUT2D eigenvalue weighted by Crippen LogP contribution is 2.27. The summed E-state index contributed by atoms with van der Waals surface area (Å²) in [5.41, 5.74) is 2.12. The van der Waals surface area contributed by atoms with Gasteiger partial charge in [0.05, 0.1) is 11.5 Å². The number of nitrogens with zero attached hydrogens (tertiary/aromatic N) is 1. The van der Waals surface area contributed by atoms with E-state index in [1.165, 1.54) is 12.1 Å². The predicted octanol–water partition coefficient (Wildman–Crippen LogP) is 3.23. The molecule has 5 rings (SSSR count). The number of carbonyl (C=O) groups excluding carboxylic acids is 1. The SMILES string of the molecule is O=C(NC[C@H](NS(=O)(=O)c1ccccc1)C(=O)O)c1cc2cc(OCC3CCNCC3)ccc2n1Cc1ccccc1. The lowest BCUT2D eigenvalue weighted by Gasteiger charge is -2.22. The van der Waals surface area contributed by atoms with E-state index in [0.29, 0.717) is 30.5 Å². The van der Waals surface area contributed by atoms with Crippen molar-refractivity contribution in [2.45, 2.75) is 30.3 Å². The number of fused-ring (bicyclic) bond motifs is 1. The first-order valence-electron chi connectivity index (χ1n) is 13.9. The Hall–Kier alpha value is -4.19. The van der Waals surface area contributed by atoms with Crippen molar-refractivity contribution in [2.75, 3.05) is 26.2 Å². The molecule has 0 radical (unpaired) electrons. The molecule has 1 saturated heterocycles. The van der Waals surface area contributed by atoms with Crippen molar-refractivity contribution < 1.29 is 27.9 Å². The Morgan fingerprint density at radius 2 is 1.67 bits per heavy atom. The third-order valence-corrected chi connectivity index (χ3v) is 8.84. The molecule has 0 spiro atoms. The molecule has 1 aliphatic heterocycles. The number of carboxylic acids is 1. The predicted molar refractivity (Wildman–Crippen MR) is 159 cm³/mol. The minimum absolute atomic E-state index is 0.0660. The largest absolute Gasteiger partial charge is 0.493 e. The average Bonchev–Trinajstić information content (AvgIpc) is 3.36. The van der Waals surface area contributed by atoms with Crippen LogP contribution in [0.4, 0.5) is 0 Å². The fraction of sp³-hybridized carbons (Fsp3) is 0.290. The second-order valence-corrected chi connectivity index (χ2v) is 12.1. The van der Waals surface area contributed by atoms with Crippen LogP contribution >= 0.6 is 0 Å². The molecular formula is C31H34N4O6S. The number of aromatic nitrogens is 1. The van der Waals surface area contributed by atoms with Gasteiger partial charge in [0.15, 0.2) is 0 Å². The van der Waals surface area contributed by atoms with Gasteiger partial charge < -0.3 is 25.0 Å². The number of carbonyl (C=O) groups is 2. The quantitative estimate of drug-likeness (QED) is 0.199. The molecular weight excluding hydrogens is 556 g/mol. The topological polar surface area (TPSA) is 139 Å². The Bertz CT molecular complexity index is 1630. The van der Waals surface area contributed by atoms with Crippen molar-refractivity contribution in [2.24, 2.45) is 5.92 Å². The zero-order chi connectivity index (χ0) is 29.5. The van der Waals surface area contributed by atoms with E-state index in [9.17, 15) is 23.1 Å². The summed E-state index contributed by atoms with van der Waals surface area (Å²) in [5.74, 6) is -0.724. The molecule has 10 nitrogen and oxygen atoms in total. The van der Waals surface area contributed by atoms with Gasteiger partial charge in [0.1, 0.15) is 17.5 Å². The summed E-state index contributed by atoms with van der Waals surface area (Å²) < 4.78 is 35.6. The number of ether oxygens (including phenoxy) is 1. The minimum atomic E-state index is -4.11. The van der Waals surface area contributed by atoms with Crippen molar-refractivity contribution in [1.82, 2.24) is 19.9 Å². The number of benzene rings is 3. The molecule has 0 saturated carbocycles. The van der Waals surface area contributed by atoms with Crippen molar-refractivity contribution in [1.29, 1.82) is 0 Å². The van der Waals surface area contributed by atoms with Gasteiger partial charge in [-0.15, -0.1) is 0 Å². The van der Waals surface area contributed by atoms with Gasteiger partial charge in [-0.3, -0.25) is 9.59 Å². The van der Waals surface area contributed by atoms with E-state index in [2.05, 4.69) is 15.4 Å². The van der Waals surface area contributed by atoms with Crippen LogP contribution in [-0.2, 0) is 21.4 Å². The molecule has 4 aromatic rings. The van der Waals surface area contributed by atoms with Crippen LogP contribution in [0.3, 0.4) is 0 Å². The molecule has 0 unspecified atom stereocenters. The van der Waals surface area contributed by atoms with Gasteiger partial charge in [0, 0.05) is 24.0 Å². The maximum absolute atomic E-state index is 13.5. The molecule has 1 amide bonds. The minimum Gasteiger partial charge on any atom is -0.493 e. The molecule has 42 heavy (non-hydrogen) atoms. The standard InChI is InChI=1S/C31H34N4O6S/c36-30(33-19-27(31(37)38)34-42(39,40)26-9-5-2-6-10-26)29-18-24-17-25(41-21-23-13-15-32-16-14-23)11-12-28(24)35(29)20-22-7-3-1-4-8-22/h1-12,17-18,23,27,32,34H,13-16,19-21H2,(H,33,36)(H,37,38)/t27-/m0/s1. The van der Waals surface area contributed by atoms with Crippen LogP contribution in [0.15, 0.2) is 89.8 Å². The smallest absolute Gasteiger partial charge is 0.323 e. The zero-order valence-electron chi connectivity index (χ0n) is 23.0. The molecule has 1 aromatic heterocycles. The number of carboxylic acid groups (broad SMARTS) is 1. The Morgan fingerprint density at radius 1 is 0.976 bits per heavy atom. The molecule has 1 fully saturated rings. The summed E-state index contributed by atoms with van der Waals surface area (Å²) >= 11 is 0. The van der Waals surface area contributed by atoms with Crippen molar-refractivity contribution in [3.05, 3.63) is 96.2 Å². The summed E-state index contributed by atoms with van der Waals surface area (Å²) in [5, 5.41) is 16.5. The second kappa shape index (κ2) is 13.2. The fourth-order valence-electron chi connectivity index (χ4n) is 5.05. The fourth-order valence-corrected chi connectivity index (χ4v) is 6.26. The van der Waals surface area contributed by atoms with Crippen molar-refractivity contribution >= 4 is 32.8 Å². The number of nitrogens with one attached hydrogen (secondary N) is 3. The summed E-state index contributed by atoms with van der Waals surface area (Å²) in [6.07, 6.45) is 2.14. The van der Waals surface area contributed by atoms with E-state index in [-0.39, 0.29) is 4.90 Å². The third-order valence-electron chi connectivity index (χ3n) is 7.35. The van der Waals surface area contributed by atoms with Gasteiger partial charge in [-0.1, -0.05) is 48.5 Å². The van der Waals surface area contributed by atoms with E-state index >= 15 is 0 Å². The summed E-state index contributed by atoms with van der Waals surface area (Å²) in [7, 11) is -4.11. The highest BCUT2D eigenvalue weighted by molar-refractivity contribution is 7.89. The summed E-state index contributed by atoms with van der Waals surface area (Å²) in [4.78, 5) is 25.3. The van der Waals surface area contributed by atoms with Gasteiger partial charge >= 0.3 is 5.97 Å². The van der Waals surface area contributed by atoms with Gasteiger partial charge in [-0.25, -0.2) is 8.42 Å². The molecule has 3 aromatic carbocycles. The lowest BCUT2D eigenvalue weighted by molar-refractivity contribution is -0.138. The number of piperidine rings is 1. The number of rotatable bonds is 12. The maximum Gasteiger partial charge on any atom is 0.323 e. The Labute approximate surface area is 244 Å². The normalized spacial score (nSPS) is 14.9. The second-order valence-electron chi connectivity index (χ2n) is 10.4. The van der Waals surface area contributed by atoms with E-state index in [0.717, 1.165) is 42.4 Å². The van der Waals surface area contributed by atoms with Crippen LogP contribution in [0, 0.1) is 5.92 Å². The van der Waals surface area contributed by atoms with Gasteiger partial charge in [-0.2, -0.15) is 4.72 Å². The number of hydrogen-bond donors (Lipinski definition) is 4. The first-order valence-corrected chi connectivity index (χ1v) is 15.4. The summed E-state index contributed by atoms with van der Waals surface area (Å²) in [6.45, 7) is 2.57. The summed E-state index contributed by atoms with van der Waals surface area (Å²) in [6, 6.07) is 23.1. The number of amides is 1. The monoisotopic (exact) mass is 590 g/mol. The Morgan fingerprint density at radius 3 is 2.36 bits per heavy atom. The van der Waals surface area contributed by atoms with Gasteiger partial charge in [0.2, 0.25) is 10.0 Å². The molecule has 1 atom stereocenters. The molecule has 220 valence electrons. The first-order chi connectivity index (χ1) is 20.3. The van der Waals surface area contributed by atoms with Crippen LogP contribution < -0.4 is 20.1 Å². The van der Waals surface area contributed by atoms with Crippen molar-refractivity contribution in [3.63, 3.8) is 0 Å². The van der Waals surface area contributed by atoms with E-state index in [1.54, 1.807) is 24.3 Å². The van der Waals surface area contributed by atoms with Crippen molar-refractivity contribution in [3.8, 4) is 5.75 Å². The lowest BCUT2D eigenvalue weighted by atomic mass is 9.99.